The highest BCUT2D eigenvalue weighted by molar-refractivity contribution is 5.97. The van der Waals surface area contributed by atoms with Crippen molar-refractivity contribution >= 4 is 11.8 Å². The molecule has 0 saturated heterocycles. The predicted molar refractivity (Wildman–Crippen MR) is 92.5 cm³/mol. The van der Waals surface area contributed by atoms with E-state index >= 15 is 0 Å². The van der Waals surface area contributed by atoms with Gasteiger partial charge in [0, 0.05) is 5.56 Å². The number of benzene rings is 2. The van der Waals surface area contributed by atoms with Gasteiger partial charge in [0.05, 0.1) is 13.1 Å². The lowest BCUT2D eigenvalue weighted by Gasteiger charge is -2.24. The van der Waals surface area contributed by atoms with Crippen LogP contribution in [-0.4, -0.2) is 30.0 Å². The van der Waals surface area contributed by atoms with E-state index < -0.39 is 5.60 Å². The molecular weight excluding hydrogens is 304 g/mol. The average molecular weight is 326 g/mol. The van der Waals surface area contributed by atoms with Gasteiger partial charge in [0.2, 0.25) is 5.91 Å². The van der Waals surface area contributed by atoms with Crippen molar-refractivity contribution < 1.29 is 14.7 Å². The molecule has 1 atom stereocenters. The summed E-state index contributed by atoms with van der Waals surface area (Å²) in [6.07, 6.45) is 0. The fraction of sp³-hybridized carbons (Fsp3) is 0.263. The first-order chi connectivity index (χ1) is 11.4. The van der Waals surface area contributed by atoms with Crippen molar-refractivity contribution in [3.8, 4) is 0 Å². The molecule has 5 heteroatoms. The van der Waals surface area contributed by atoms with E-state index in [1.54, 1.807) is 31.2 Å². The van der Waals surface area contributed by atoms with Crippen LogP contribution >= 0.6 is 0 Å². The first-order valence-electron chi connectivity index (χ1n) is 7.78. The van der Waals surface area contributed by atoms with E-state index in [4.69, 9.17) is 0 Å². The topological polar surface area (TPSA) is 78.4 Å². The molecular formula is C19H22N2O3. The normalized spacial score (nSPS) is 13.0. The Morgan fingerprint density at radius 2 is 1.62 bits per heavy atom. The summed E-state index contributed by atoms with van der Waals surface area (Å²) in [6, 6.07) is 16.3. The Balaban J connectivity index is 1.84. The molecule has 126 valence electrons. The van der Waals surface area contributed by atoms with Crippen LogP contribution < -0.4 is 10.6 Å². The van der Waals surface area contributed by atoms with E-state index in [1.807, 2.05) is 37.3 Å². The fourth-order valence-corrected chi connectivity index (χ4v) is 2.32. The molecule has 0 fully saturated rings. The number of hydrogen-bond acceptors (Lipinski definition) is 3. The van der Waals surface area contributed by atoms with Crippen LogP contribution in [0.25, 0.3) is 0 Å². The minimum Gasteiger partial charge on any atom is -0.384 e. The molecule has 2 aromatic rings. The molecule has 2 rings (SSSR count). The number of aryl methyl sites for hydroxylation is 1. The Hall–Kier alpha value is -2.66. The first kappa shape index (κ1) is 17.7. The number of carbonyl (C=O) groups excluding carboxylic acids is 2. The van der Waals surface area contributed by atoms with E-state index in [0.717, 1.165) is 5.56 Å². The average Bonchev–Trinajstić information content (AvgIpc) is 2.59. The van der Waals surface area contributed by atoms with Crippen LogP contribution in [-0.2, 0) is 10.4 Å². The van der Waals surface area contributed by atoms with Gasteiger partial charge in [-0.25, -0.2) is 0 Å². The van der Waals surface area contributed by atoms with Crippen LogP contribution in [0.2, 0.25) is 0 Å². The Morgan fingerprint density at radius 1 is 1.00 bits per heavy atom. The zero-order valence-electron chi connectivity index (χ0n) is 13.9. The number of hydrogen-bond donors (Lipinski definition) is 3. The molecule has 2 amide bonds. The van der Waals surface area contributed by atoms with Crippen LogP contribution in [0.3, 0.4) is 0 Å². The van der Waals surface area contributed by atoms with E-state index in [1.165, 1.54) is 0 Å². The Bertz CT molecular complexity index is 712. The molecule has 0 heterocycles. The number of amides is 2. The molecule has 0 aliphatic rings. The first-order valence-corrected chi connectivity index (χ1v) is 7.78. The van der Waals surface area contributed by atoms with Gasteiger partial charge in [-0.15, -0.1) is 0 Å². The van der Waals surface area contributed by atoms with Gasteiger partial charge >= 0.3 is 0 Å². The molecule has 24 heavy (non-hydrogen) atoms. The lowest BCUT2D eigenvalue weighted by molar-refractivity contribution is -0.121. The summed E-state index contributed by atoms with van der Waals surface area (Å²) >= 11 is 0. The highest BCUT2D eigenvalue weighted by Crippen LogP contribution is 2.18. The molecule has 0 spiro atoms. The molecule has 0 radical (unpaired) electrons. The van der Waals surface area contributed by atoms with Gasteiger partial charge in [-0.3, -0.25) is 9.59 Å². The SMILES string of the molecule is Cc1ccccc1C(=O)NCC(=O)NCC(C)(O)c1ccccc1. The molecule has 0 aliphatic heterocycles. The number of carbonyl (C=O) groups is 2. The van der Waals surface area contributed by atoms with E-state index in [0.29, 0.717) is 11.1 Å². The molecule has 3 N–H and O–H groups in total. The molecule has 0 aliphatic carbocycles. The molecule has 0 aromatic heterocycles. The summed E-state index contributed by atoms with van der Waals surface area (Å²) in [6.45, 7) is 3.40. The molecule has 2 aromatic carbocycles. The van der Waals surface area contributed by atoms with Gasteiger partial charge in [0.25, 0.3) is 5.91 Å². The minimum absolute atomic E-state index is 0.0656. The summed E-state index contributed by atoms with van der Waals surface area (Å²) in [7, 11) is 0. The highest BCUT2D eigenvalue weighted by Gasteiger charge is 2.23. The smallest absolute Gasteiger partial charge is 0.251 e. The van der Waals surface area contributed by atoms with Crippen molar-refractivity contribution in [3.63, 3.8) is 0 Å². The van der Waals surface area contributed by atoms with Gasteiger partial charge in [-0.1, -0.05) is 48.5 Å². The number of rotatable bonds is 6. The quantitative estimate of drug-likeness (QED) is 0.757. The third-order valence-electron chi connectivity index (χ3n) is 3.82. The minimum atomic E-state index is -1.17. The van der Waals surface area contributed by atoms with Crippen LogP contribution in [0.1, 0.15) is 28.4 Å². The third kappa shape index (κ3) is 4.67. The van der Waals surface area contributed by atoms with Crippen LogP contribution in [0.5, 0.6) is 0 Å². The van der Waals surface area contributed by atoms with Crippen molar-refractivity contribution in [1.29, 1.82) is 0 Å². The van der Waals surface area contributed by atoms with Crippen LogP contribution in [0.4, 0.5) is 0 Å². The lowest BCUT2D eigenvalue weighted by Crippen LogP contribution is -2.43. The van der Waals surface area contributed by atoms with Gasteiger partial charge in [0.1, 0.15) is 5.60 Å². The summed E-state index contributed by atoms with van der Waals surface area (Å²) in [5, 5.41) is 15.6. The standard InChI is InChI=1S/C19H22N2O3/c1-14-8-6-7-11-16(14)18(23)20-12-17(22)21-13-19(2,24)15-9-4-3-5-10-15/h3-11,24H,12-13H2,1-2H3,(H,20,23)(H,21,22). The van der Waals surface area contributed by atoms with Gasteiger partial charge in [-0.2, -0.15) is 0 Å². The van der Waals surface area contributed by atoms with E-state index in [2.05, 4.69) is 10.6 Å². The largest absolute Gasteiger partial charge is 0.384 e. The second kappa shape index (κ2) is 7.75. The summed E-state index contributed by atoms with van der Waals surface area (Å²) < 4.78 is 0. The van der Waals surface area contributed by atoms with Crippen LogP contribution in [0.15, 0.2) is 54.6 Å². The zero-order chi connectivity index (χ0) is 17.6. The Morgan fingerprint density at radius 3 is 2.29 bits per heavy atom. The second-order valence-electron chi connectivity index (χ2n) is 5.91. The second-order valence-corrected chi connectivity index (χ2v) is 5.91. The number of aliphatic hydroxyl groups is 1. The van der Waals surface area contributed by atoms with Crippen molar-refractivity contribution in [2.75, 3.05) is 13.1 Å². The van der Waals surface area contributed by atoms with Gasteiger partial charge < -0.3 is 15.7 Å². The third-order valence-corrected chi connectivity index (χ3v) is 3.82. The van der Waals surface area contributed by atoms with Crippen molar-refractivity contribution in [1.82, 2.24) is 10.6 Å². The summed E-state index contributed by atoms with van der Waals surface area (Å²) in [5.74, 6) is -0.647. The number of nitrogens with one attached hydrogen (secondary N) is 2. The fourth-order valence-electron chi connectivity index (χ4n) is 2.32. The summed E-state index contributed by atoms with van der Waals surface area (Å²) in [4.78, 5) is 24.0. The Labute approximate surface area is 141 Å². The molecule has 0 saturated carbocycles. The molecule has 5 nitrogen and oxygen atoms in total. The lowest BCUT2D eigenvalue weighted by atomic mass is 9.96. The zero-order valence-corrected chi connectivity index (χ0v) is 13.9. The maximum atomic E-state index is 12.1. The Kier molecular flexibility index (Phi) is 5.71. The maximum absolute atomic E-state index is 12.1. The predicted octanol–water partition coefficient (Wildman–Crippen LogP) is 1.75. The van der Waals surface area contributed by atoms with Crippen molar-refractivity contribution in [2.24, 2.45) is 0 Å². The molecule has 0 bridgehead atoms. The monoisotopic (exact) mass is 326 g/mol. The molecule has 1 unspecified atom stereocenters. The highest BCUT2D eigenvalue weighted by atomic mass is 16.3. The van der Waals surface area contributed by atoms with Crippen molar-refractivity contribution in [3.05, 3.63) is 71.3 Å². The van der Waals surface area contributed by atoms with Crippen LogP contribution in [0, 0.1) is 6.92 Å². The van der Waals surface area contributed by atoms with E-state index in [-0.39, 0.29) is 24.9 Å². The van der Waals surface area contributed by atoms with E-state index in [9.17, 15) is 14.7 Å². The maximum Gasteiger partial charge on any atom is 0.251 e. The van der Waals surface area contributed by atoms with Gasteiger partial charge in [-0.05, 0) is 31.0 Å². The summed E-state index contributed by atoms with van der Waals surface area (Å²) in [5.41, 5.74) is 0.940. The van der Waals surface area contributed by atoms with Crippen molar-refractivity contribution in [2.45, 2.75) is 19.4 Å². The van der Waals surface area contributed by atoms with Gasteiger partial charge in [0.15, 0.2) is 0 Å².